The highest BCUT2D eigenvalue weighted by atomic mass is 16.5. The molecule has 0 radical (unpaired) electrons. The largest absolute Gasteiger partial charge is 0.497 e. The van der Waals surface area contributed by atoms with E-state index >= 15 is 0 Å². The van der Waals surface area contributed by atoms with Gasteiger partial charge in [-0.05, 0) is 51.3 Å². The Morgan fingerprint density at radius 1 is 1.31 bits per heavy atom. The van der Waals surface area contributed by atoms with Crippen molar-refractivity contribution in [2.45, 2.75) is 45.3 Å². The molecule has 2 atom stereocenters. The van der Waals surface area contributed by atoms with Crippen LogP contribution in [0.25, 0.3) is 0 Å². The number of carbonyl (C=O) groups excluding carboxylic acids is 1. The normalized spacial score (nSPS) is 19.5. The van der Waals surface area contributed by atoms with Crippen LogP contribution < -0.4 is 4.74 Å². The number of hydrogen-bond acceptors (Lipinski definition) is 4. The van der Waals surface area contributed by atoms with Gasteiger partial charge >= 0.3 is 0 Å². The van der Waals surface area contributed by atoms with Crippen LogP contribution in [0.3, 0.4) is 0 Å². The zero-order valence-electron chi connectivity index (χ0n) is 16.1. The number of methoxy groups -OCH3 is 1. The van der Waals surface area contributed by atoms with E-state index in [9.17, 15) is 9.90 Å². The number of hydrogen-bond donors (Lipinski definition) is 1. The molecule has 1 N–H and O–H groups in total. The number of aryl methyl sites for hydroxylation is 2. The minimum absolute atomic E-state index is 0.0515. The predicted octanol–water partition coefficient (Wildman–Crippen LogP) is 2.56. The third-order valence-corrected chi connectivity index (χ3v) is 5.56. The fourth-order valence-corrected chi connectivity index (χ4v) is 3.94. The van der Waals surface area contributed by atoms with Crippen molar-refractivity contribution in [3.8, 4) is 5.75 Å². The summed E-state index contributed by atoms with van der Waals surface area (Å²) in [4.78, 5) is 15.0. The van der Waals surface area contributed by atoms with Crippen molar-refractivity contribution in [1.29, 1.82) is 0 Å². The van der Waals surface area contributed by atoms with E-state index in [1.165, 1.54) is 0 Å². The van der Waals surface area contributed by atoms with Crippen LogP contribution in [0.1, 0.15) is 47.1 Å². The van der Waals surface area contributed by atoms with Gasteiger partial charge in [0.05, 0.1) is 24.4 Å². The van der Waals surface area contributed by atoms with Crippen molar-refractivity contribution in [3.63, 3.8) is 0 Å². The summed E-state index contributed by atoms with van der Waals surface area (Å²) in [7, 11) is 3.46. The molecule has 1 saturated heterocycles. The van der Waals surface area contributed by atoms with Crippen molar-refractivity contribution < 1.29 is 14.6 Å². The average molecular weight is 357 g/mol. The molecule has 1 fully saturated rings. The van der Waals surface area contributed by atoms with E-state index in [-0.39, 0.29) is 11.9 Å². The van der Waals surface area contributed by atoms with E-state index in [1.807, 2.05) is 45.2 Å². The quantitative estimate of drug-likeness (QED) is 0.913. The minimum atomic E-state index is -1.14. The monoisotopic (exact) mass is 357 g/mol. The molecule has 6 nitrogen and oxygen atoms in total. The SMILES string of the molecule is COc1ccc(C(C)(O)C2CCCN2C(=O)c2c(C)nn(C)c2C)cc1. The highest BCUT2D eigenvalue weighted by Crippen LogP contribution is 2.36. The van der Waals surface area contributed by atoms with Crippen molar-refractivity contribution in [3.05, 3.63) is 46.8 Å². The Bertz CT molecular complexity index is 808. The molecule has 0 saturated carbocycles. The topological polar surface area (TPSA) is 67.6 Å². The number of rotatable bonds is 4. The minimum Gasteiger partial charge on any atom is -0.497 e. The van der Waals surface area contributed by atoms with E-state index in [0.29, 0.717) is 12.1 Å². The molecule has 0 spiro atoms. The van der Waals surface area contributed by atoms with Crippen LogP contribution in [0, 0.1) is 13.8 Å². The summed E-state index contributed by atoms with van der Waals surface area (Å²) in [5.41, 5.74) is 1.86. The molecule has 3 rings (SSSR count). The third-order valence-electron chi connectivity index (χ3n) is 5.56. The summed E-state index contributed by atoms with van der Waals surface area (Å²) >= 11 is 0. The third kappa shape index (κ3) is 2.98. The van der Waals surface area contributed by atoms with Crippen molar-refractivity contribution in [2.24, 2.45) is 7.05 Å². The van der Waals surface area contributed by atoms with Gasteiger partial charge in [0.1, 0.15) is 11.4 Å². The second-order valence-corrected chi connectivity index (χ2v) is 7.20. The van der Waals surface area contributed by atoms with Gasteiger partial charge in [0.2, 0.25) is 0 Å². The molecule has 2 aromatic rings. The Hall–Kier alpha value is -2.34. The maximum absolute atomic E-state index is 13.2. The van der Waals surface area contributed by atoms with E-state index in [4.69, 9.17) is 4.74 Å². The fraction of sp³-hybridized carbons (Fsp3) is 0.500. The number of likely N-dealkylation sites (tertiary alicyclic amines) is 1. The highest BCUT2D eigenvalue weighted by molar-refractivity contribution is 5.96. The first kappa shape index (κ1) is 18.5. The van der Waals surface area contributed by atoms with Crippen molar-refractivity contribution in [1.82, 2.24) is 14.7 Å². The van der Waals surface area contributed by atoms with Gasteiger partial charge in [-0.15, -0.1) is 0 Å². The second kappa shape index (κ2) is 6.76. The van der Waals surface area contributed by atoms with Crippen LogP contribution in [0.5, 0.6) is 5.75 Å². The maximum atomic E-state index is 13.2. The second-order valence-electron chi connectivity index (χ2n) is 7.20. The molecule has 0 aliphatic carbocycles. The Morgan fingerprint density at radius 3 is 2.50 bits per heavy atom. The molecule has 2 heterocycles. The molecule has 1 amide bonds. The number of amides is 1. The number of ether oxygens (including phenoxy) is 1. The van der Waals surface area contributed by atoms with Crippen LogP contribution in [0.2, 0.25) is 0 Å². The van der Waals surface area contributed by atoms with Gasteiger partial charge in [-0.3, -0.25) is 9.48 Å². The zero-order valence-corrected chi connectivity index (χ0v) is 16.1. The lowest BCUT2D eigenvalue weighted by Gasteiger charge is -2.37. The molecule has 1 aromatic heterocycles. The number of benzene rings is 1. The lowest BCUT2D eigenvalue weighted by molar-refractivity contribution is -0.0177. The van der Waals surface area contributed by atoms with Crippen LogP contribution in [-0.4, -0.2) is 45.4 Å². The Balaban J connectivity index is 1.92. The summed E-state index contributed by atoms with van der Waals surface area (Å²) in [6, 6.07) is 7.11. The van der Waals surface area contributed by atoms with Gasteiger partial charge in [0.15, 0.2) is 0 Å². The Labute approximate surface area is 154 Å². The number of aromatic nitrogens is 2. The zero-order chi connectivity index (χ0) is 19.1. The first-order chi connectivity index (χ1) is 12.3. The van der Waals surface area contributed by atoms with E-state index in [1.54, 1.807) is 23.6 Å². The molecular weight excluding hydrogens is 330 g/mol. The maximum Gasteiger partial charge on any atom is 0.257 e. The van der Waals surface area contributed by atoms with Gasteiger partial charge < -0.3 is 14.7 Å². The number of nitrogens with zero attached hydrogens (tertiary/aromatic N) is 3. The van der Waals surface area contributed by atoms with Crippen LogP contribution in [0.15, 0.2) is 24.3 Å². The number of carbonyl (C=O) groups is 1. The summed E-state index contributed by atoms with van der Waals surface area (Å²) < 4.78 is 6.93. The van der Waals surface area contributed by atoms with Crippen LogP contribution >= 0.6 is 0 Å². The molecule has 26 heavy (non-hydrogen) atoms. The highest BCUT2D eigenvalue weighted by Gasteiger charge is 2.43. The van der Waals surface area contributed by atoms with Gasteiger partial charge in [-0.2, -0.15) is 5.10 Å². The molecule has 1 aromatic carbocycles. The van der Waals surface area contributed by atoms with Gasteiger partial charge in [0, 0.05) is 19.3 Å². The first-order valence-electron chi connectivity index (χ1n) is 8.95. The van der Waals surface area contributed by atoms with Gasteiger partial charge in [-0.25, -0.2) is 0 Å². The van der Waals surface area contributed by atoms with Crippen LogP contribution in [-0.2, 0) is 12.6 Å². The summed E-state index contributed by atoms with van der Waals surface area (Å²) in [5.74, 6) is 0.690. The first-order valence-corrected chi connectivity index (χ1v) is 8.95. The summed E-state index contributed by atoms with van der Waals surface area (Å²) in [6.45, 7) is 6.18. The van der Waals surface area contributed by atoms with Gasteiger partial charge in [0.25, 0.3) is 5.91 Å². The summed E-state index contributed by atoms with van der Waals surface area (Å²) in [5, 5.41) is 15.7. The molecule has 2 unspecified atom stereocenters. The van der Waals surface area contributed by atoms with Crippen LogP contribution in [0.4, 0.5) is 0 Å². The Morgan fingerprint density at radius 2 is 1.96 bits per heavy atom. The molecule has 6 heteroatoms. The molecule has 0 bridgehead atoms. The van der Waals surface area contributed by atoms with Crippen molar-refractivity contribution >= 4 is 5.91 Å². The molecule has 140 valence electrons. The van der Waals surface area contributed by atoms with E-state index in [0.717, 1.165) is 35.5 Å². The summed E-state index contributed by atoms with van der Waals surface area (Å²) in [6.07, 6.45) is 1.64. The molecule has 1 aliphatic rings. The van der Waals surface area contributed by atoms with Gasteiger partial charge in [-0.1, -0.05) is 12.1 Å². The van der Waals surface area contributed by atoms with E-state index in [2.05, 4.69) is 5.10 Å². The fourth-order valence-electron chi connectivity index (χ4n) is 3.94. The number of aliphatic hydroxyl groups is 1. The predicted molar refractivity (Wildman–Crippen MR) is 99.3 cm³/mol. The smallest absolute Gasteiger partial charge is 0.257 e. The Kier molecular flexibility index (Phi) is 4.80. The van der Waals surface area contributed by atoms with E-state index < -0.39 is 5.60 Å². The molecular formula is C20H27N3O3. The average Bonchev–Trinajstić information content (AvgIpc) is 3.20. The standard InChI is InChI=1S/C20H27N3O3/c1-13-18(14(2)22(4)21-13)19(24)23-12-6-7-17(23)20(3,25)15-8-10-16(26-5)11-9-15/h8-11,17,25H,6-7,12H2,1-5H3. The lowest BCUT2D eigenvalue weighted by Crippen LogP contribution is -2.48. The molecule has 1 aliphatic heterocycles. The lowest BCUT2D eigenvalue weighted by atomic mass is 9.86. The van der Waals surface area contributed by atoms with Crippen molar-refractivity contribution in [2.75, 3.05) is 13.7 Å².